The first-order valence-corrected chi connectivity index (χ1v) is 5.50. The molecule has 0 unspecified atom stereocenters. The van der Waals surface area contributed by atoms with Crippen molar-refractivity contribution in [1.82, 2.24) is 0 Å². The minimum atomic E-state index is -0.276. The molecule has 0 aliphatic rings. The fourth-order valence-corrected chi connectivity index (χ4v) is 1.92. The third-order valence-electron chi connectivity index (χ3n) is 2.47. The maximum atomic E-state index is 13.1. The lowest BCUT2D eigenvalue weighted by Crippen LogP contribution is -2.15. The molecule has 0 heterocycles. The lowest BCUT2D eigenvalue weighted by Gasteiger charge is -2.18. The number of hydrogen-bond acceptors (Lipinski definition) is 1. The first kappa shape index (κ1) is 12.9. The second-order valence-corrected chi connectivity index (χ2v) is 5.58. The Balaban J connectivity index is 3.10. The van der Waals surface area contributed by atoms with E-state index < -0.39 is 0 Å². The van der Waals surface area contributed by atoms with Crippen molar-refractivity contribution in [3.8, 4) is 0 Å². The largest absolute Gasteiger partial charge is 0.294 e. The Morgan fingerprint density at radius 1 is 1.19 bits per heavy atom. The van der Waals surface area contributed by atoms with Gasteiger partial charge >= 0.3 is 0 Å². The van der Waals surface area contributed by atoms with Crippen molar-refractivity contribution in [2.45, 2.75) is 41.0 Å². The molecule has 0 bridgehead atoms. The van der Waals surface area contributed by atoms with Gasteiger partial charge in [0.2, 0.25) is 0 Å². The van der Waals surface area contributed by atoms with Gasteiger partial charge in [-0.2, -0.15) is 0 Å². The Labute approximate surface area is 96.7 Å². The number of Topliss-reactive ketones (excluding diaryl/α,β-unsaturated/α-hetero) is 1. The summed E-state index contributed by atoms with van der Waals surface area (Å²) in [6.45, 7) is 9.65. The van der Waals surface area contributed by atoms with Gasteiger partial charge in [-0.05, 0) is 42.5 Å². The van der Waals surface area contributed by atoms with Crippen LogP contribution in [0.4, 0.5) is 4.39 Å². The van der Waals surface area contributed by atoms with E-state index in [4.69, 9.17) is 0 Å². The third-order valence-corrected chi connectivity index (χ3v) is 2.47. The SMILES string of the molecule is Cc1cc(F)cc(C)c1C(=O)CC(C)(C)C. The van der Waals surface area contributed by atoms with Crippen molar-refractivity contribution in [1.29, 1.82) is 0 Å². The van der Waals surface area contributed by atoms with E-state index in [1.54, 1.807) is 13.8 Å². The zero-order chi connectivity index (χ0) is 12.5. The molecule has 0 fully saturated rings. The molecule has 1 aromatic carbocycles. The van der Waals surface area contributed by atoms with Gasteiger partial charge in [-0.15, -0.1) is 0 Å². The zero-order valence-corrected chi connectivity index (χ0v) is 10.6. The predicted octanol–water partition coefficient (Wildman–Crippen LogP) is 4.06. The molecule has 1 rings (SSSR count). The van der Waals surface area contributed by atoms with Gasteiger partial charge in [0.05, 0.1) is 0 Å². The number of carbonyl (C=O) groups is 1. The summed E-state index contributed by atoms with van der Waals surface area (Å²) in [7, 11) is 0. The molecule has 88 valence electrons. The van der Waals surface area contributed by atoms with E-state index in [1.165, 1.54) is 12.1 Å². The summed E-state index contributed by atoms with van der Waals surface area (Å²) in [5.74, 6) is -0.176. The normalized spacial score (nSPS) is 11.6. The van der Waals surface area contributed by atoms with Crippen molar-refractivity contribution >= 4 is 5.78 Å². The Morgan fingerprint density at radius 2 is 1.62 bits per heavy atom. The second-order valence-electron chi connectivity index (χ2n) is 5.58. The van der Waals surface area contributed by atoms with Crippen LogP contribution in [0, 0.1) is 25.1 Å². The van der Waals surface area contributed by atoms with Crippen LogP contribution in [0.15, 0.2) is 12.1 Å². The van der Waals surface area contributed by atoms with E-state index in [0.717, 1.165) is 11.1 Å². The Hall–Kier alpha value is -1.18. The molecule has 1 nitrogen and oxygen atoms in total. The van der Waals surface area contributed by atoms with Crippen LogP contribution >= 0.6 is 0 Å². The van der Waals surface area contributed by atoms with Crippen LogP contribution in [0.3, 0.4) is 0 Å². The molecule has 16 heavy (non-hydrogen) atoms. The maximum absolute atomic E-state index is 13.1. The zero-order valence-electron chi connectivity index (χ0n) is 10.6. The molecule has 1 aromatic rings. The average molecular weight is 222 g/mol. The van der Waals surface area contributed by atoms with E-state index in [0.29, 0.717) is 12.0 Å². The van der Waals surface area contributed by atoms with E-state index in [1.807, 2.05) is 20.8 Å². The van der Waals surface area contributed by atoms with Crippen molar-refractivity contribution in [2.24, 2.45) is 5.41 Å². The molecule has 2 heteroatoms. The van der Waals surface area contributed by atoms with Crippen LogP contribution < -0.4 is 0 Å². The molecule has 0 N–H and O–H groups in total. The van der Waals surface area contributed by atoms with Crippen molar-refractivity contribution in [3.05, 3.63) is 34.6 Å². The Bertz CT molecular complexity index is 390. The lowest BCUT2D eigenvalue weighted by molar-refractivity contribution is 0.0938. The molecular weight excluding hydrogens is 203 g/mol. The van der Waals surface area contributed by atoms with Crippen molar-refractivity contribution in [3.63, 3.8) is 0 Å². The number of halogens is 1. The average Bonchev–Trinajstić information content (AvgIpc) is 1.96. The highest BCUT2D eigenvalue weighted by molar-refractivity contribution is 5.99. The Kier molecular flexibility index (Phi) is 3.51. The molecular formula is C14H19FO. The van der Waals surface area contributed by atoms with E-state index in [-0.39, 0.29) is 17.0 Å². The van der Waals surface area contributed by atoms with Crippen LogP contribution in [-0.2, 0) is 0 Å². The highest BCUT2D eigenvalue weighted by Crippen LogP contribution is 2.25. The predicted molar refractivity (Wildman–Crippen MR) is 64.3 cm³/mol. The first-order valence-electron chi connectivity index (χ1n) is 5.50. The lowest BCUT2D eigenvalue weighted by atomic mass is 9.85. The monoisotopic (exact) mass is 222 g/mol. The van der Waals surface area contributed by atoms with Crippen LogP contribution in [0.5, 0.6) is 0 Å². The van der Waals surface area contributed by atoms with Gasteiger partial charge in [-0.1, -0.05) is 20.8 Å². The van der Waals surface area contributed by atoms with E-state index >= 15 is 0 Å². The van der Waals surface area contributed by atoms with Gasteiger partial charge < -0.3 is 0 Å². The van der Waals surface area contributed by atoms with Gasteiger partial charge in [0.1, 0.15) is 5.82 Å². The number of hydrogen-bond donors (Lipinski definition) is 0. The van der Waals surface area contributed by atoms with E-state index in [9.17, 15) is 9.18 Å². The Morgan fingerprint density at radius 3 is 2.00 bits per heavy atom. The quantitative estimate of drug-likeness (QED) is 0.689. The molecule has 0 saturated carbocycles. The third kappa shape index (κ3) is 3.16. The fraction of sp³-hybridized carbons (Fsp3) is 0.500. The topological polar surface area (TPSA) is 17.1 Å². The van der Waals surface area contributed by atoms with Crippen LogP contribution in [-0.4, -0.2) is 5.78 Å². The van der Waals surface area contributed by atoms with Crippen LogP contribution in [0.2, 0.25) is 0 Å². The minimum Gasteiger partial charge on any atom is -0.294 e. The van der Waals surface area contributed by atoms with Crippen molar-refractivity contribution in [2.75, 3.05) is 0 Å². The fourth-order valence-electron chi connectivity index (χ4n) is 1.92. The summed E-state index contributed by atoms with van der Waals surface area (Å²) in [6, 6.07) is 2.84. The molecule has 0 aliphatic carbocycles. The summed E-state index contributed by atoms with van der Waals surface area (Å²) >= 11 is 0. The molecule has 0 amide bonds. The summed E-state index contributed by atoms with van der Waals surface area (Å²) < 4.78 is 13.1. The number of aryl methyl sites for hydroxylation is 2. The molecule has 0 atom stereocenters. The number of ketones is 1. The second kappa shape index (κ2) is 4.36. The van der Waals surface area contributed by atoms with Gasteiger partial charge in [-0.25, -0.2) is 4.39 Å². The molecule has 0 saturated heterocycles. The van der Waals surface area contributed by atoms with Crippen molar-refractivity contribution < 1.29 is 9.18 Å². The van der Waals surface area contributed by atoms with Crippen LogP contribution in [0.1, 0.15) is 48.7 Å². The number of carbonyl (C=O) groups excluding carboxylic acids is 1. The first-order chi connectivity index (χ1) is 7.20. The maximum Gasteiger partial charge on any atom is 0.163 e. The number of benzene rings is 1. The smallest absolute Gasteiger partial charge is 0.163 e. The van der Waals surface area contributed by atoms with E-state index in [2.05, 4.69) is 0 Å². The molecule has 0 spiro atoms. The highest BCUT2D eigenvalue weighted by atomic mass is 19.1. The van der Waals surface area contributed by atoms with Gasteiger partial charge in [0.25, 0.3) is 0 Å². The summed E-state index contributed by atoms with van der Waals surface area (Å²) in [5, 5.41) is 0. The summed E-state index contributed by atoms with van der Waals surface area (Å²) in [4.78, 5) is 12.1. The number of rotatable bonds is 2. The highest BCUT2D eigenvalue weighted by Gasteiger charge is 2.20. The molecule has 0 radical (unpaired) electrons. The summed E-state index contributed by atoms with van der Waals surface area (Å²) in [5.41, 5.74) is 2.10. The van der Waals surface area contributed by atoms with Gasteiger partial charge in [0, 0.05) is 12.0 Å². The molecule has 0 aromatic heterocycles. The summed E-state index contributed by atoms with van der Waals surface area (Å²) in [6.07, 6.45) is 0.486. The standard InChI is InChI=1S/C14H19FO/c1-9-6-11(15)7-10(2)13(9)12(16)8-14(3,4)5/h6-7H,8H2,1-5H3. The van der Waals surface area contributed by atoms with Gasteiger partial charge in [0.15, 0.2) is 5.78 Å². The van der Waals surface area contributed by atoms with Gasteiger partial charge in [-0.3, -0.25) is 4.79 Å². The molecule has 0 aliphatic heterocycles. The minimum absolute atomic E-state index is 0.0374. The van der Waals surface area contributed by atoms with Crippen LogP contribution in [0.25, 0.3) is 0 Å².